The lowest BCUT2D eigenvalue weighted by Gasteiger charge is -1.85. The van der Waals surface area contributed by atoms with E-state index in [1.54, 1.807) is 24.5 Å². The third kappa shape index (κ3) is 2.57. The van der Waals surface area contributed by atoms with E-state index in [0.717, 1.165) is 11.8 Å². The average Bonchev–Trinajstić information content (AvgIpc) is 2.03. The number of rotatable bonds is 2. The van der Waals surface area contributed by atoms with Gasteiger partial charge in [-0.25, -0.2) is 0 Å². The van der Waals surface area contributed by atoms with Crippen LogP contribution in [0.4, 0.5) is 0 Å². The summed E-state index contributed by atoms with van der Waals surface area (Å²) in [4.78, 5) is 13.2. The highest BCUT2D eigenvalue weighted by molar-refractivity contribution is 5.45. The SMILES string of the molecule is O=[N+]([O-])C=Cc1cccnc1. The molecule has 0 spiro atoms. The summed E-state index contributed by atoms with van der Waals surface area (Å²) < 4.78 is 0. The van der Waals surface area contributed by atoms with Crippen molar-refractivity contribution in [2.24, 2.45) is 0 Å². The Hall–Kier alpha value is -1.71. The van der Waals surface area contributed by atoms with E-state index in [4.69, 9.17) is 0 Å². The van der Waals surface area contributed by atoms with E-state index in [9.17, 15) is 10.1 Å². The molecule has 0 N–H and O–H groups in total. The molecule has 0 bridgehead atoms. The van der Waals surface area contributed by atoms with E-state index in [1.165, 1.54) is 6.08 Å². The monoisotopic (exact) mass is 150 g/mol. The van der Waals surface area contributed by atoms with E-state index < -0.39 is 4.92 Å². The summed E-state index contributed by atoms with van der Waals surface area (Å²) in [6.07, 6.45) is 5.45. The summed E-state index contributed by atoms with van der Waals surface area (Å²) in [7, 11) is 0. The zero-order valence-corrected chi connectivity index (χ0v) is 5.68. The van der Waals surface area contributed by atoms with Crippen LogP contribution in [-0.4, -0.2) is 9.91 Å². The lowest BCUT2D eigenvalue weighted by atomic mass is 10.3. The Morgan fingerprint density at radius 1 is 1.64 bits per heavy atom. The Kier molecular flexibility index (Phi) is 2.32. The highest BCUT2D eigenvalue weighted by Gasteiger charge is 1.87. The van der Waals surface area contributed by atoms with Crippen molar-refractivity contribution < 1.29 is 4.92 Å². The highest BCUT2D eigenvalue weighted by atomic mass is 16.6. The van der Waals surface area contributed by atoms with Gasteiger partial charge in [-0.3, -0.25) is 15.1 Å². The zero-order valence-electron chi connectivity index (χ0n) is 5.68. The fourth-order valence-corrected chi connectivity index (χ4v) is 0.621. The second-order valence-electron chi connectivity index (χ2n) is 1.89. The van der Waals surface area contributed by atoms with Gasteiger partial charge in [-0.2, -0.15) is 0 Å². The summed E-state index contributed by atoms with van der Waals surface area (Å²) in [6, 6.07) is 3.46. The van der Waals surface area contributed by atoms with Gasteiger partial charge in [-0.1, -0.05) is 6.07 Å². The van der Waals surface area contributed by atoms with Gasteiger partial charge in [-0.05, 0) is 11.6 Å². The van der Waals surface area contributed by atoms with Crippen LogP contribution in [0.2, 0.25) is 0 Å². The van der Waals surface area contributed by atoms with Gasteiger partial charge < -0.3 is 0 Å². The molecule has 56 valence electrons. The van der Waals surface area contributed by atoms with Gasteiger partial charge in [0, 0.05) is 18.5 Å². The molecule has 0 fully saturated rings. The van der Waals surface area contributed by atoms with E-state index in [0.29, 0.717) is 0 Å². The molecule has 1 heterocycles. The van der Waals surface area contributed by atoms with Gasteiger partial charge in [0.1, 0.15) is 0 Å². The van der Waals surface area contributed by atoms with Crippen LogP contribution < -0.4 is 0 Å². The highest BCUT2D eigenvalue weighted by Crippen LogP contribution is 1.97. The standard InChI is InChI=1S/C7H6N2O2/c10-9(11)5-3-7-2-1-4-8-6-7/h1-6H. The third-order valence-electron chi connectivity index (χ3n) is 1.07. The fraction of sp³-hybridized carbons (Fsp3) is 0. The molecule has 0 unspecified atom stereocenters. The van der Waals surface area contributed by atoms with Gasteiger partial charge >= 0.3 is 0 Å². The van der Waals surface area contributed by atoms with Crippen LogP contribution in [0.3, 0.4) is 0 Å². The van der Waals surface area contributed by atoms with Crippen LogP contribution in [0.25, 0.3) is 6.08 Å². The van der Waals surface area contributed by atoms with E-state index in [1.807, 2.05) is 0 Å². The zero-order chi connectivity index (χ0) is 8.10. The van der Waals surface area contributed by atoms with Gasteiger partial charge in [0.15, 0.2) is 0 Å². The first kappa shape index (κ1) is 7.40. The largest absolute Gasteiger partial charge is 0.264 e. The van der Waals surface area contributed by atoms with Crippen LogP contribution in [0.5, 0.6) is 0 Å². The Morgan fingerprint density at radius 3 is 3.00 bits per heavy atom. The molecular weight excluding hydrogens is 144 g/mol. The maximum Gasteiger partial charge on any atom is 0.235 e. The Labute approximate surface area is 63.3 Å². The third-order valence-corrected chi connectivity index (χ3v) is 1.07. The number of aromatic nitrogens is 1. The summed E-state index contributed by atoms with van der Waals surface area (Å²) in [6.45, 7) is 0. The predicted molar refractivity (Wildman–Crippen MR) is 40.3 cm³/mol. The van der Waals surface area contributed by atoms with Gasteiger partial charge in [0.2, 0.25) is 6.20 Å². The summed E-state index contributed by atoms with van der Waals surface area (Å²) in [5, 5.41) is 9.87. The minimum absolute atomic E-state index is 0.507. The molecule has 0 aromatic carbocycles. The maximum atomic E-state index is 9.87. The normalized spacial score (nSPS) is 10.2. The van der Waals surface area contributed by atoms with Crippen LogP contribution >= 0.6 is 0 Å². The maximum absolute atomic E-state index is 9.87. The van der Waals surface area contributed by atoms with Crippen LogP contribution in [0.1, 0.15) is 5.56 Å². The first-order valence-corrected chi connectivity index (χ1v) is 3.01. The van der Waals surface area contributed by atoms with Crippen molar-refractivity contribution in [2.45, 2.75) is 0 Å². The number of nitro groups is 1. The first-order valence-electron chi connectivity index (χ1n) is 3.01. The predicted octanol–water partition coefficient (Wildman–Crippen LogP) is 1.33. The summed E-state index contributed by atoms with van der Waals surface area (Å²) >= 11 is 0. The molecule has 0 aliphatic rings. The molecule has 0 amide bonds. The van der Waals surface area contributed by atoms with Crippen molar-refractivity contribution in [3.63, 3.8) is 0 Å². The molecule has 11 heavy (non-hydrogen) atoms. The smallest absolute Gasteiger partial charge is 0.235 e. The molecule has 0 aliphatic carbocycles. The lowest BCUT2D eigenvalue weighted by Crippen LogP contribution is -1.82. The number of pyridine rings is 1. The Bertz CT molecular complexity index is 269. The quantitative estimate of drug-likeness (QED) is 0.472. The number of hydrogen-bond donors (Lipinski definition) is 0. The van der Waals surface area contributed by atoms with Gasteiger partial charge in [0.05, 0.1) is 4.92 Å². The molecule has 4 nitrogen and oxygen atoms in total. The fourth-order valence-electron chi connectivity index (χ4n) is 0.621. The topological polar surface area (TPSA) is 56.0 Å². The molecule has 1 aromatic rings. The molecule has 0 saturated carbocycles. The van der Waals surface area contributed by atoms with E-state index in [-0.39, 0.29) is 0 Å². The van der Waals surface area contributed by atoms with Crippen molar-refractivity contribution in [1.82, 2.24) is 4.98 Å². The molecule has 0 radical (unpaired) electrons. The molecule has 0 aliphatic heterocycles. The summed E-state index contributed by atoms with van der Waals surface area (Å²) in [5.41, 5.74) is 0.726. The van der Waals surface area contributed by atoms with E-state index in [2.05, 4.69) is 4.98 Å². The van der Waals surface area contributed by atoms with Crippen molar-refractivity contribution in [3.8, 4) is 0 Å². The molecule has 1 aromatic heterocycles. The molecule has 0 atom stereocenters. The number of hydrogen-bond acceptors (Lipinski definition) is 3. The average molecular weight is 150 g/mol. The Balaban J connectivity index is 2.72. The minimum atomic E-state index is -0.507. The lowest BCUT2D eigenvalue weighted by molar-refractivity contribution is -0.400. The second kappa shape index (κ2) is 3.46. The Morgan fingerprint density at radius 2 is 2.45 bits per heavy atom. The molecule has 4 heteroatoms. The second-order valence-corrected chi connectivity index (χ2v) is 1.89. The van der Waals surface area contributed by atoms with Crippen molar-refractivity contribution in [3.05, 3.63) is 46.4 Å². The van der Waals surface area contributed by atoms with Crippen LogP contribution in [-0.2, 0) is 0 Å². The van der Waals surface area contributed by atoms with Gasteiger partial charge in [0.25, 0.3) is 0 Å². The van der Waals surface area contributed by atoms with Crippen molar-refractivity contribution in [2.75, 3.05) is 0 Å². The molecular formula is C7H6N2O2. The van der Waals surface area contributed by atoms with E-state index >= 15 is 0 Å². The van der Waals surface area contributed by atoms with Crippen LogP contribution in [0.15, 0.2) is 30.7 Å². The number of nitrogens with zero attached hydrogens (tertiary/aromatic N) is 2. The minimum Gasteiger partial charge on any atom is -0.264 e. The first-order chi connectivity index (χ1) is 5.29. The van der Waals surface area contributed by atoms with Crippen molar-refractivity contribution in [1.29, 1.82) is 0 Å². The van der Waals surface area contributed by atoms with Crippen molar-refractivity contribution >= 4 is 6.08 Å². The molecule has 1 rings (SSSR count). The van der Waals surface area contributed by atoms with Gasteiger partial charge in [-0.15, -0.1) is 0 Å². The summed E-state index contributed by atoms with van der Waals surface area (Å²) in [5.74, 6) is 0. The molecule has 0 saturated heterocycles. The van der Waals surface area contributed by atoms with Crippen LogP contribution in [0, 0.1) is 10.1 Å².